The second kappa shape index (κ2) is 4.92. The van der Waals surface area contributed by atoms with Crippen molar-refractivity contribution in [1.82, 2.24) is 10.1 Å². The Morgan fingerprint density at radius 2 is 2.15 bits per heavy atom. The topological polar surface area (TPSA) is 83.6 Å². The average Bonchev–Trinajstić information content (AvgIpc) is 3.14. The summed E-state index contributed by atoms with van der Waals surface area (Å²) in [4.78, 5) is 25.4. The number of amides is 1. The van der Waals surface area contributed by atoms with Crippen molar-refractivity contribution in [2.24, 2.45) is 11.8 Å². The van der Waals surface area contributed by atoms with Gasteiger partial charge < -0.3 is 14.5 Å². The van der Waals surface area contributed by atoms with Gasteiger partial charge in [0.2, 0.25) is 0 Å². The van der Waals surface area contributed by atoms with E-state index in [2.05, 4.69) is 5.16 Å². The first-order valence-corrected chi connectivity index (χ1v) is 7.02. The molecule has 1 amide bonds. The van der Waals surface area contributed by atoms with Crippen molar-refractivity contribution in [3.05, 3.63) is 17.5 Å². The molecule has 3 rings (SSSR count). The summed E-state index contributed by atoms with van der Waals surface area (Å²) >= 11 is 0. The molecule has 6 heteroatoms. The highest BCUT2D eigenvalue weighted by molar-refractivity contribution is 5.95. The lowest BCUT2D eigenvalue weighted by Gasteiger charge is -2.34. The Morgan fingerprint density at radius 3 is 2.80 bits per heavy atom. The van der Waals surface area contributed by atoms with Gasteiger partial charge in [-0.25, -0.2) is 0 Å². The number of hydrogen-bond donors (Lipinski definition) is 1. The van der Waals surface area contributed by atoms with E-state index in [1.165, 1.54) is 6.26 Å². The van der Waals surface area contributed by atoms with Gasteiger partial charge >= 0.3 is 5.97 Å². The predicted molar refractivity (Wildman–Crippen MR) is 69.3 cm³/mol. The van der Waals surface area contributed by atoms with Gasteiger partial charge in [0, 0.05) is 19.0 Å². The highest BCUT2D eigenvalue weighted by Gasteiger charge is 2.36. The molecule has 20 heavy (non-hydrogen) atoms. The first-order valence-electron chi connectivity index (χ1n) is 7.02. The van der Waals surface area contributed by atoms with Crippen molar-refractivity contribution in [1.29, 1.82) is 0 Å². The normalized spacial score (nSPS) is 26.6. The third-order valence-corrected chi connectivity index (χ3v) is 4.09. The van der Waals surface area contributed by atoms with Crippen LogP contribution in [0.3, 0.4) is 0 Å². The molecule has 1 saturated carbocycles. The van der Waals surface area contributed by atoms with Crippen LogP contribution in [0.5, 0.6) is 0 Å². The van der Waals surface area contributed by atoms with E-state index in [1.54, 1.807) is 4.90 Å². The number of piperidine rings is 1. The lowest BCUT2D eigenvalue weighted by molar-refractivity contribution is -0.143. The summed E-state index contributed by atoms with van der Waals surface area (Å²) in [5.41, 5.74) is 1.24. The molecule has 2 unspecified atom stereocenters. The highest BCUT2D eigenvalue weighted by atomic mass is 16.5. The maximum absolute atomic E-state index is 12.6. The molecular weight excluding hydrogens is 260 g/mol. The smallest absolute Gasteiger partial charge is 0.308 e. The van der Waals surface area contributed by atoms with E-state index in [0.717, 1.165) is 18.5 Å². The Balaban J connectivity index is 1.78. The summed E-state index contributed by atoms with van der Waals surface area (Å²) in [6.45, 7) is 2.84. The first-order chi connectivity index (χ1) is 9.56. The third-order valence-electron chi connectivity index (χ3n) is 4.09. The van der Waals surface area contributed by atoms with Crippen molar-refractivity contribution in [3.8, 4) is 0 Å². The molecule has 2 atom stereocenters. The van der Waals surface area contributed by atoms with Crippen molar-refractivity contribution in [2.75, 3.05) is 13.1 Å². The molecule has 2 fully saturated rings. The molecule has 108 valence electrons. The summed E-state index contributed by atoms with van der Waals surface area (Å²) in [5.74, 6) is -0.928. The quantitative estimate of drug-likeness (QED) is 0.910. The second-order valence-electron chi connectivity index (χ2n) is 5.97. The van der Waals surface area contributed by atoms with Crippen LogP contribution in [0.2, 0.25) is 0 Å². The van der Waals surface area contributed by atoms with Crippen LogP contribution in [0.4, 0.5) is 0 Å². The number of nitrogens with zero attached hydrogens (tertiary/aromatic N) is 2. The van der Waals surface area contributed by atoms with Gasteiger partial charge in [0.05, 0.1) is 11.6 Å². The van der Waals surface area contributed by atoms with Gasteiger partial charge in [-0.05, 0) is 25.2 Å². The Hall–Kier alpha value is -1.85. The largest absolute Gasteiger partial charge is 0.481 e. The fraction of sp³-hybridized carbons (Fsp3) is 0.643. The molecule has 1 aliphatic carbocycles. The van der Waals surface area contributed by atoms with E-state index in [0.29, 0.717) is 24.4 Å². The maximum Gasteiger partial charge on any atom is 0.308 e. The zero-order valence-corrected chi connectivity index (χ0v) is 11.4. The molecular formula is C14H18N2O4. The van der Waals surface area contributed by atoms with Crippen LogP contribution < -0.4 is 0 Å². The molecule has 6 nitrogen and oxygen atoms in total. The third kappa shape index (κ3) is 2.42. The van der Waals surface area contributed by atoms with Gasteiger partial charge in [-0.2, -0.15) is 0 Å². The van der Waals surface area contributed by atoms with Crippen LogP contribution in [-0.2, 0) is 4.79 Å². The summed E-state index contributed by atoms with van der Waals surface area (Å²) in [6, 6.07) is 0. The molecule has 1 aromatic rings. The molecule has 0 bridgehead atoms. The summed E-state index contributed by atoms with van der Waals surface area (Å²) in [7, 11) is 0. The van der Waals surface area contributed by atoms with E-state index in [9.17, 15) is 14.7 Å². The van der Waals surface area contributed by atoms with Gasteiger partial charge in [-0.1, -0.05) is 12.1 Å². The molecule has 2 heterocycles. The number of likely N-dealkylation sites (tertiary alicyclic amines) is 1. The molecule has 1 aromatic heterocycles. The van der Waals surface area contributed by atoms with Gasteiger partial charge in [0.25, 0.3) is 5.91 Å². The summed E-state index contributed by atoms with van der Waals surface area (Å²) < 4.78 is 4.95. The van der Waals surface area contributed by atoms with Crippen LogP contribution in [0, 0.1) is 11.8 Å². The monoisotopic (exact) mass is 278 g/mol. The van der Waals surface area contributed by atoms with Gasteiger partial charge in [-0.15, -0.1) is 0 Å². The zero-order chi connectivity index (χ0) is 14.3. The Bertz CT molecular complexity index is 535. The molecule has 0 aromatic carbocycles. The minimum absolute atomic E-state index is 0.147. The van der Waals surface area contributed by atoms with Crippen molar-refractivity contribution in [3.63, 3.8) is 0 Å². The first kappa shape index (κ1) is 13.1. The van der Waals surface area contributed by atoms with Crippen molar-refractivity contribution >= 4 is 11.9 Å². The lowest BCUT2D eigenvalue weighted by Crippen LogP contribution is -2.45. The zero-order valence-electron chi connectivity index (χ0n) is 11.4. The SMILES string of the molecule is CC1CC(C(=O)O)CN(C(=O)c2conc2C2CC2)C1. The standard InChI is InChI=1S/C14H18N2O4/c1-8-4-10(14(18)19)6-16(5-8)13(17)11-7-20-15-12(11)9-2-3-9/h7-10H,2-6H2,1H3,(H,18,19). The predicted octanol–water partition coefficient (Wildman–Crippen LogP) is 1.73. The molecule has 0 radical (unpaired) electrons. The minimum atomic E-state index is -0.831. The maximum atomic E-state index is 12.6. The van der Waals surface area contributed by atoms with Gasteiger partial charge in [0.1, 0.15) is 11.8 Å². The van der Waals surface area contributed by atoms with Crippen LogP contribution in [-0.4, -0.2) is 40.1 Å². The molecule has 0 spiro atoms. The Morgan fingerprint density at radius 1 is 1.40 bits per heavy atom. The summed E-state index contributed by atoms with van der Waals surface area (Å²) in [6.07, 6.45) is 4.10. The van der Waals surface area contributed by atoms with Crippen LogP contribution in [0.15, 0.2) is 10.8 Å². The fourth-order valence-electron chi connectivity index (χ4n) is 2.92. The molecule has 1 aliphatic heterocycles. The van der Waals surface area contributed by atoms with E-state index < -0.39 is 11.9 Å². The van der Waals surface area contributed by atoms with E-state index in [4.69, 9.17) is 4.52 Å². The number of carbonyl (C=O) groups excluding carboxylic acids is 1. The van der Waals surface area contributed by atoms with Crippen LogP contribution in [0.1, 0.15) is 48.2 Å². The number of carbonyl (C=O) groups is 2. The van der Waals surface area contributed by atoms with Crippen LogP contribution in [0.25, 0.3) is 0 Å². The highest BCUT2D eigenvalue weighted by Crippen LogP contribution is 2.41. The molecule has 2 aliphatic rings. The Labute approximate surface area is 116 Å². The average molecular weight is 278 g/mol. The number of aliphatic carboxylic acids is 1. The molecule has 1 N–H and O–H groups in total. The number of rotatable bonds is 3. The van der Waals surface area contributed by atoms with E-state index >= 15 is 0 Å². The summed E-state index contributed by atoms with van der Waals surface area (Å²) in [5, 5.41) is 13.1. The second-order valence-corrected chi connectivity index (χ2v) is 5.97. The fourth-order valence-corrected chi connectivity index (χ4v) is 2.92. The number of aromatic nitrogens is 1. The molecule has 1 saturated heterocycles. The number of hydrogen-bond acceptors (Lipinski definition) is 4. The van der Waals surface area contributed by atoms with Gasteiger partial charge in [0.15, 0.2) is 0 Å². The van der Waals surface area contributed by atoms with Crippen LogP contribution >= 0.6 is 0 Å². The number of carboxylic acids is 1. The van der Waals surface area contributed by atoms with E-state index in [-0.39, 0.29) is 18.4 Å². The van der Waals surface area contributed by atoms with Gasteiger partial charge in [-0.3, -0.25) is 9.59 Å². The van der Waals surface area contributed by atoms with Crippen molar-refractivity contribution in [2.45, 2.75) is 32.1 Å². The van der Waals surface area contributed by atoms with Crippen molar-refractivity contribution < 1.29 is 19.2 Å². The lowest BCUT2D eigenvalue weighted by atomic mass is 9.90. The Kier molecular flexibility index (Phi) is 3.23. The van der Waals surface area contributed by atoms with E-state index in [1.807, 2.05) is 6.92 Å². The number of carboxylic acid groups (broad SMARTS) is 1. The minimum Gasteiger partial charge on any atom is -0.481 e.